The number of hydrogen-bond acceptors (Lipinski definition) is 2. The monoisotopic (exact) mass is 193 g/mol. The second kappa shape index (κ2) is 4.58. The summed E-state index contributed by atoms with van der Waals surface area (Å²) in [4.78, 5) is 0. The normalized spacial score (nSPS) is 12.9. The minimum atomic E-state index is 0.0781. The molecule has 0 fully saturated rings. The van der Waals surface area contributed by atoms with Crippen LogP contribution in [-0.2, 0) is 0 Å². The van der Waals surface area contributed by atoms with E-state index in [1.807, 2.05) is 0 Å². The Morgan fingerprint density at radius 3 is 2.36 bits per heavy atom. The Labute approximate surface area is 85.8 Å². The summed E-state index contributed by atoms with van der Waals surface area (Å²) >= 11 is 0. The number of aliphatic hydroxyl groups excluding tert-OH is 1. The maximum absolute atomic E-state index is 9.18. The van der Waals surface area contributed by atoms with E-state index < -0.39 is 0 Å². The molecule has 0 aliphatic rings. The van der Waals surface area contributed by atoms with E-state index in [-0.39, 0.29) is 12.5 Å². The zero-order valence-electron chi connectivity index (χ0n) is 9.17. The molecule has 0 bridgehead atoms. The summed E-state index contributed by atoms with van der Waals surface area (Å²) in [5.41, 5.74) is 10.6. The van der Waals surface area contributed by atoms with Crippen molar-refractivity contribution < 1.29 is 5.11 Å². The van der Waals surface area contributed by atoms with Crippen molar-refractivity contribution in [3.05, 3.63) is 34.4 Å². The smallest absolute Gasteiger partial charge is 0.0512 e. The van der Waals surface area contributed by atoms with Crippen molar-refractivity contribution in [3.8, 4) is 0 Å². The van der Waals surface area contributed by atoms with Gasteiger partial charge in [0.2, 0.25) is 0 Å². The van der Waals surface area contributed by atoms with Crippen LogP contribution in [-0.4, -0.2) is 18.3 Å². The van der Waals surface area contributed by atoms with E-state index in [9.17, 15) is 5.11 Å². The van der Waals surface area contributed by atoms with E-state index in [2.05, 4.69) is 32.9 Å². The molecule has 78 valence electrons. The Kier molecular flexibility index (Phi) is 3.67. The van der Waals surface area contributed by atoms with E-state index in [1.54, 1.807) is 0 Å². The quantitative estimate of drug-likeness (QED) is 0.766. The second-order valence-electron chi connectivity index (χ2n) is 3.84. The highest BCUT2D eigenvalue weighted by molar-refractivity contribution is 5.40. The zero-order valence-corrected chi connectivity index (χ0v) is 9.17. The van der Waals surface area contributed by atoms with Crippen LogP contribution in [0.4, 0.5) is 0 Å². The highest BCUT2D eigenvalue weighted by Gasteiger charge is 2.12. The summed E-state index contributed by atoms with van der Waals surface area (Å²) in [6.45, 7) is 6.93. The third-order valence-electron chi connectivity index (χ3n) is 3.04. The molecule has 0 saturated heterocycles. The number of nitrogens with two attached hydrogens (primary N) is 1. The maximum atomic E-state index is 9.18. The summed E-state index contributed by atoms with van der Waals surface area (Å²) in [5, 5.41) is 9.18. The van der Waals surface area contributed by atoms with Crippen LogP contribution in [0.5, 0.6) is 0 Å². The van der Waals surface area contributed by atoms with Crippen LogP contribution >= 0.6 is 0 Å². The Balaban J connectivity index is 3.16. The lowest BCUT2D eigenvalue weighted by Gasteiger charge is -2.17. The topological polar surface area (TPSA) is 46.2 Å². The first-order valence-electron chi connectivity index (χ1n) is 4.99. The van der Waals surface area contributed by atoms with Gasteiger partial charge in [-0.25, -0.2) is 0 Å². The standard InChI is InChI=1S/C12H19NO/c1-8-4-5-12(10(3)9(8)2)11(6-13)7-14/h4-5,11,14H,6-7,13H2,1-3H3. The van der Waals surface area contributed by atoms with Crippen molar-refractivity contribution in [3.63, 3.8) is 0 Å². The molecule has 3 N–H and O–H groups in total. The lowest BCUT2D eigenvalue weighted by molar-refractivity contribution is 0.267. The van der Waals surface area contributed by atoms with Gasteiger partial charge in [0.25, 0.3) is 0 Å². The van der Waals surface area contributed by atoms with Crippen LogP contribution in [0, 0.1) is 20.8 Å². The largest absolute Gasteiger partial charge is 0.396 e. The maximum Gasteiger partial charge on any atom is 0.0512 e. The van der Waals surface area contributed by atoms with E-state index in [4.69, 9.17) is 5.73 Å². The van der Waals surface area contributed by atoms with Crippen molar-refractivity contribution in [1.82, 2.24) is 0 Å². The highest BCUT2D eigenvalue weighted by Crippen LogP contribution is 2.23. The number of hydrogen-bond donors (Lipinski definition) is 2. The van der Waals surface area contributed by atoms with Crippen molar-refractivity contribution in [2.24, 2.45) is 5.73 Å². The summed E-state index contributed by atoms with van der Waals surface area (Å²) in [5.74, 6) is 0.0781. The highest BCUT2D eigenvalue weighted by atomic mass is 16.3. The lowest BCUT2D eigenvalue weighted by atomic mass is 9.91. The molecule has 0 heterocycles. The molecule has 0 aromatic heterocycles. The molecule has 1 aromatic rings. The summed E-state index contributed by atoms with van der Waals surface area (Å²) in [7, 11) is 0. The van der Waals surface area contributed by atoms with Gasteiger partial charge in [0.05, 0.1) is 6.61 Å². The fourth-order valence-electron chi connectivity index (χ4n) is 1.72. The van der Waals surface area contributed by atoms with Crippen LogP contribution < -0.4 is 5.73 Å². The molecule has 0 amide bonds. The number of aliphatic hydroxyl groups is 1. The van der Waals surface area contributed by atoms with Gasteiger partial charge in [-0.1, -0.05) is 12.1 Å². The number of benzene rings is 1. The molecule has 14 heavy (non-hydrogen) atoms. The van der Waals surface area contributed by atoms with Crippen LogP contribution in [0.1, 0.15) is 28.2 Å². The molecular formula is C12H19NO. The first kappa shape index (κ1) is 11.2. The van der Waals surface area contributed by atoms with Gasteiger partial charge < -0.3 is 10.8 Å². The molecule has 1 aromatic carbocycles. The van der Waals surface area contributed by atoms with Crippen molar-refractivity contribution >= 4 is 0 Å². The second-order valence-corrected chi connectivity index (χ2v) is 3.84. The first-order valence-corrected chi connectivity index (χ1v) is 4.99. The minimum Gasteiger partial charge on any atom is -0.396 e. The molecule has 0 saturated carbocycles. The summed E-state index contributed by atoms with van der Waals surface area (Å²) in [6, 6.07) is 4.17. The molecule has 2 nitrogen and oxygen atoms in total. The summed E-state index contributed by atoms with van der Waals surface area (Å²) in [6.07, 6.45) is 0. The predicted molar refractivity (Wildman–Crippen MR) is 59.5 cm³/mol. The molecule has 0 radical (unpaired) electrons. The SMILES string of the molecule is Cc1ccc(C(CN)CO)c(C)c1C. The minimum absolute atomic E-state index is 0.0781. The van der Waals surface area contributed by atoms with Gasteiger partial charge in [0.15, 0.2) is 0 Å². The Hall–Kier alpha value is -0.860. The fraction of sp³-hybridized carbons (Fsp3) is 0.500. The molecule has 0 aliphatic heterocycles. The predicted octanol–water partition coefficient (Wildman–Crippen LogP) is 1.65. The Morgan fingerprint density at radius 2 is 1.86 bits per heavy atom. The van der Waals surface area contributed by atoms with Gasteiger partial charge in [0.1, 0.15) is 0 Å². The third-order valence-corrected chi connectivity index (χ3v) is 3.04. The molecular weight excluding hydrogens is 174 g/mol. The van der Waals surface area contributed by atoms with Crippen molar-refractivity contribution in [1.29, 1.82) is 0 Å². The molecule has 1 unspecified atom stereocenters. The van der Waals surface area contributed by atoms with E-state index in [0.29, 0.717) is 6.54 Å². The lowest BCUT2D eigenvalue weighted by Crippen LogP contribution is -2.17. The molecule has 1 rings (SSSR count). The van der Waals surface area contributed by atoms with Gasteiger partial charge in [0, 0.05) is 12.5 Å². The zero-order chi connectivity index (χ0) is 10.7. The van der Waals surface area contributed by atoms with E-state index in [0.717, 1.165) is 0 Å². The van der Waals surface area contributed by atoms with Crippen molar-refractivity contribution in [2.45, 2.75) is 26.7 Å². The van der Waals surface area contributed by atoms with Crippen LogP contribution in [0.15, 0.2) is 12.1 Å². The van der Waals surface area contributed by atoms with Crippen LogP contribution in [0.3, 0.4) is 0 Å². The Bertz CT molecular complexity index is 316. The number of rotatable bonds is 3. The van der Waals surface area contributed by atoms with Gasteiger partial charge in [-0.05, 0) is 43.0 Å². The molecule has 0 aliphatic carbocycles. The van der Waals surface area contributed by atoms with Crippen LogP contribution in [0.2, 0.25) is 0 Å². The van der Waals surface area contributed by atoms with E-state index in [1.165, 1.54) is 22.3 Å². The average molecular weight is 193 g/mol. The molecule has 0 spiro atoms. The third kappa shape index (κ3) is 1.97. The number of aryl methyl sites for hydroxylation is 1. The summed E-state index contributed by atoms with van der Waals surface area (Å²) < 4.78 is 0. The van der Waals surface area contributed by atoms with Gasteiger partial charge in [-0.3, -0.25) is 0 Å². The fourth-order valence-corrected chi connectivity index (χ4v) is 1.72. The first-order chi connectivity index (χ1) is 6.61. The Morgan fingerprint density at radius 1 is 1.21 bits per heavy atom. The van der Waals surface area contributed by atoms with Gasteiger partial charge >= 0.3 is 0 Å². The van der Waals surface area contributed by atoms with E-state index >= 15 is 0 Å². The van der Waals surface area contributed by atoms with Crippen LogP contribution in [0.25, 0.3) is 0 Å². The van der Waals surface area contributed by atoms with Gasteiger partial charge in [-0.15, -0.1) is 0 Å². The molecule has 1 atom stereocenters. The average Bonchev–Trinajstić information content (AvgIpc) is 2.19. The molecule has 2 heteroatoms. The van der Waals surface area contributed by atoms with Gasteiger partial charge in [-0.2, -0.15) is 0 Å². The van der Waals surface area contributed by atoms with Crippen molar-refractivity contribution in [2.75, 3.05) is 13.2 Å².